The molecule has 2 atom stereocenters. The molecule has 0 bridgehead atoms. The summed E-state index contributed by atoms with van der Waals surface area (Å²) in [5, 5.41) is 1.37. The second-order valence-corrected chi connectivity index (χ2v) is 5.54. The third kappa shape index (κ3) is 1.93. The van der Waals surface area contributed by atoms with E-state index in [0.717, 1.165) is 12.0 Å². The van der Waals surface area contributed by atoms with Crippen LogP contribution in [0.2, 0.25) is 10.0 Å². The van der Waals surface area contributed by atoms with Crippen LogP contribution in [0.5, 0.6) is 0 Å². The molecule has 92 valence electrons. The lowest BCUT2D eigenvalue weighted by atomic mass is 9.72. The van der Waals surface area contributed by atoms with E-state index < -0.39 is 0 Å². The zero-order valence-electron chi connectivity index (χ0n) is 9.74. The summed E-state index contributed by atoms with van der Waals surface area (Å²) in [6.07, 6.45) is 1.01. The van der Waals surface area contributed by atoms with Crippen molar-refractivity contribution >= 4 is 23.2 Å². The fourth-order valence-electron chi connectivity index (χ4n) is 2.60. The van der Waals surface area contributed by atoms with Crippen molar-refractivity contribution in [1.82, 2.24) is 0 Å². The van der Waals surface area contributed by atoms with E-state index >= 15 is 0 Å². The fourth-order valence-corrected chi connectivity index (χ4v) is 3.03. The molecule has 0 saturated heterocycles. The highest BCUT2D eigenvalue weighted by molar-refractivity contribution is 6.33. The average Bonchev–Trinajstić information content (AvgIpc) is 2.33. The van der Waals surface area contributed by atoms with Gasteiger partial charge in [-0.1, -0.05) is 47.5 Å². The molecule has 0 spiro atoms. The standard InChI is InChI=1S/C15H13Cl2N/c16-10-5-6-14(17)13(8-10)15(18)12-7-9-3-1-2-4-11(9)12/h1-6,8,12,15H,7,18H2. The Labute approximate surface area is 117 Å². The normalized spacial score (nSPS) is 18.9. The minimum Gasteiger partial charge on any atom is -0.323 e. The number of hydrogen-bond acceptors (Lipinski definition) is 1. The molecule has 0 saturated carbocycles. The van der Waals surface area contributed by atoms with Crippen LogP contribution in [0.15, 0.2) is 42.5 Å². The molecule has 2 N–H and O–H groups in total. The van der Waals surface area contributed by atoms with Crippen LogP contribution in [0.3, 0.4) is 0 Å². The van der Waals surface area contributed by atoms with Crippen molar-refractivity contribution in [2.75, 3.05) is 0 Å². The third-order valence-electron chi connectivity index (χ3n) is 3.65. The van der Waals surface area contributed by atoms with Crippen LogP contribution in [0.25, 0.3) is 0 Å². The Kier molecular flexibility index (Phi) is 3.06. The summed E-state index contributed by atoms with van der Waals surface area (Å²) in [7, 11) is 0. The van der Waals surface area contributed by atoms with Gasteiger partial charge in [-0.25, -0.2) is 0 Å². The quantitative estimate of drug-likeness (QED) is 0.869. The number of hydrogen-bond donors (Lipinski definition) is 1. The first kappa shape index (κ1) is 12.0. The SMILES string of the molecule is NC(c1cc(Cl)ccc1Cl)C1Cc2ccccc21. The number of nitrogens with two attached hydrogens (primary N) is 1. The van der Waals surface area contributed by atoms with Gasteiger partial charge in [-0.3, -0.25) is 0 Å². The maximum absolute atomic E-state index is 6.34. The summed E-state index contributed by atoms with van der Waals surface area (Å²) < 4.78 is 0. The van der Waals surface area contributed by atoms with Crippen molar-refractivity contribution in [3.05, 3.63) is 69.2 Å². The Morgan fingerprint density at radius 3 is 2.67 bits per heavy atom. The topological polar surface area (TPSA) is 26.0 Å². The molecule has 3 rings (SSSR count). The van der Waals surface area contributed by atoms with Gasteiger partial charge in [0.05, 0.1) is 0 Å². The van der Waals surface area contributed by atoms with Crippen molar-refractivity contribution in [3.8, 4) is 0 Å². The zero-order valence-corrected chi connectivity index (χ0v) is 11.2. The van der Waals surface area contributed by atoms with Crippen LogP contribution in [-0.4, -0.2) is 0 Å². The monoisotopic (exact) mass is 277 g/mol. The Morgan fingerprint density at radius 2 is 1.89 bits per heavy atom. The molecule has 18 heavy (non-hydrogen) atoms. The first-order valence-electron chi connectivity index (χ1n) is 5.95. The molecule has 1 aliphatic carbocycles. The molecule has 1 aliphatic rings. The van der Waals surface area contributed by atoms with Gasteiger partial charge in [-0.15, -0.1) is 0 Å². The molecule has 0 heterocycles. The Morgan fingerprint density at radius 1 is 1.11 bits per heavy atom. The van der Waals surface area contributed by atoms with Gasteiger partial charge in [0.25, 0.3) is 0 Å². The molecule has 0 aliphatic heterocycles. The maximum atomic E-state index is 6.34. The Bertz CT molecular complexity index is 595. The van der Waals surface area contributed by atoms with Gasteiger partial charge >= 0.3 is 0 Å². The molecular weight excluding hydrogens is 265 g/mol. The smallest absolute Gasteiger partial charge is 0.0455 e. The van der Waals surface area contributed by atoms with E-state index in [-0.39, 0.29) is 6.04 Å². The highest BCUT2D eigenvalue weighted by Crippen LogP contribution is 2.43. The van der Waals surface area contributed by atoms with E-state index in [0.29, 0.717) is 16.0 Å². The van der Waals surface area contributed by atoms with Crippen LogP contribution >= 0.6 is 23.2 Å². The molecule has 2 unspecified atom stereocenters. The fraction of sp³-hybridized carbons (Fsp3) is 0.200. The highest BCUT2D eigenvalue weighted by atomic mass is 35.5. The predicted molar refractivity (Wildman–Crippen MR) is 76.3 cm³/mol. The average molecular weight is 278 g/mol. The summed E-state index contributed by atoms with van der Waals surface area (Å²) in [5.74, 6) is 0.345. The van der Waals surface area contributed by atoms with Gasteiger partial charge in [-0.05, 0) is 41.3 Å². The molecule has 0 fully saturated rings. The highest BCUT2D eigenvalue weighted by Gasteiger charge is 2.32. The van der Waals surface area contributed by atoms with Crippen molar-refractivity contribution in [1.29, 1.82) is 0 Å². The van der Waals surface area contributed by atoms with Crippen LogP contribution in [-0.2, 0) is 6.42 Å². The van der Waals surface area contributed by atoms with Crippen LogP contribution in [0.1, 0.15) is 28.7 Å². The first-order valence-corrected chi connectivity index (χ1v) is 6.71. The largest absolute Gasteiger partial charge is 0.323 e. The molecule has 0 amide bonds. The van der Waals surface area contributed by atoms with Gasteiger partial charge in [-0.2, -0.15) is 0 Å². The third-order valence-corrected chi connectivity index (χ3v) is 4.22. The predicted octanol–water partition coefficient (Wildman–Crippen LogP) is 4.33. The zero-order chi connectivity index (χ0) is 12.7. The molecule has 1 nitrogen and oxygen atoms in total. The number of benzene rings is 2. The van der Waals surface area contributed by atoms with Gasteiger partial charge in [0.1, 0.15) is 0 Å². The lowest BCUT2D eigenvalue weighted by molar-refractivity contribution is 0.500. The van der Waals surface area contributed by atoms with E-state index in [9.17, 15) is 0 Å². The first-order chi connectivity index (χ1) is 8.66. The van der Waals surface area contributed by atoms with Crippen LogP contribution < -0.4 is 5.73 Å². The van der Waals surface area contributed by atoms with Crippen molar-refractivity contribution < 1.29 is 0 Å². The van der Waals surface area contributed by atoms with Crippen molar-refractivity contribution in [2.45, 2.75) is 18.4 Å². The van der Waals surface area contributed by atoms with E-state index in [1.165, 1.54) is 11.1 Å². The molecular formula is C15H13Cl2N. The number of fused-ring (bicyclic) bond motifs is 1. The van der Waals surface area contributed by atoms with Gasteiger partial charge < -0.3 is 5.73 Å². The Hall–Kier alpha value is -1.02. The molecule has 3 heteroatoms. The van der Waals surface area contributed by atoms with Crippen LogP contribution in [0, 0.1) is 0 Å². The van der Waals surface area contributed by atoms with Crippen molar-refractivity contribution in [2.24, 2.45) is 5.73 Å². The molecule has 2 aromatic carbocycles. The number of rotatable bonds is 2. The maximum Gasteiger partial charge on any atom is 0.0455 e. The van der Waals surface area contributed by atoms with Crippen molar-refractivity contribution in [3.63, 3.8) is 0 Å². The van der Waals surface area contributed by atoms with E-state index in [4.69, 9.17) is 28.9 Å². The molecule has 0 aromatic heterocycles. The van der Waals surface area contributed by atoms with E-state index in [1.807, 2.05) is 12.1 Å². The van der Waals surface area contributed by atoms with Gasteiger partial charge in [0, 0.05) is 22.0 Å². The van der Waals surface area contributed by atoms with Crippen LogP contribution in [0.4, 0.5) is 0 Å². The summed E-state index contributed by atoms with van der Waals surface area (Å²) in [5.41, 5.74) is 10.00. The second-order valence-electron chi connectivity index (χ2n) is 4.70. The summed E-state index contributed by atoms with van der Waals surface area (Å²) in [6, 6.07) is 13.8. The van der Waals surface area contributed by atoms with Gasteiger partial charge in [0.15, 0.2) is 0 Å². The lowest BCUT2D eigenvalue weighted by Gasteiger charge is -2.35. The lowest BCUT2D eigenvalue weighted by Crippen LogP contribution is -2.29. The minimum absolute atomic E-state index is 0.0916. The summed E-state index contributed by atoms with van der Waals surface area (Å²) >= 11 is 12.2. The van der Waals surface area contributed by atoms with E-state index in [2.05, 4.69) is 24.3 Å². The number of halogens is 2. The summed E-state index contributed by atoms with van der Waals surface area (Å²) in [6.45, 7) is 0. The summed E-state index contributed by atoms with van der Waals surface area (Å²) in [4.78, 5) is 0. The second kappa shape index (κ2) is 4.58. The molecule has 0 radical (unpaired) electrons. The Balaban J connectivity index is 1.93. The van der Waals surface area contributed by atoms with Gasteiger partial charge in [0.2, 0.25) is 0 Å². The molecule has 2 aromatic rings. The minimum atomic E-state index is -0.0916. The van der Waals surface area contributed by atoms with E-state index in [1.54, 1.807) is 6.07 Å².